The molecular formula is C20H25NO4. The fourth-order valence-corrected chi connectivity index (χ4v) is 2.62. The van der Waals surface area contributed by atoms with Crippen LogP contribution in [0.5, 0.6) is 17.2 Å². The summed E-state index contributed by atoms with van der Waals surface area (Å²) in [7, 11) is 1.52. The van der Waals surface area contributed by atoms with E-state index in [-0.39, 0.29) is 12.6 Å². The van der Waals surface area contributed by atoms with E-state index in [4.69, 9.17) is 19.9 Å². The summed E-state index contributed by atoms with van der Waals surface area (Å²) in [6.07, 6.45) is 13.4. The van der Waals surface area contributed by atoms with Gasteiger partial charge in [-0.3, -0.25) is 4.79 Å². The number of nitrogens with two attached hydrogens (primary N) is 1. The lowest BCUT2D eigenvalue weighted by Gasteiger charge is -2.10. The smallest absolute Gasteiger partial charge is 0.231 e. The molecule has 134 valence electrons. The van der Waals surface area contributed by atoms with Gasteiger partial charge in [-0.25, -0.2) is 0 Å². The van der Waals surface area contributed by atoms with Crippen LogP contribution in [0.1, 0.15) is 38.7 Å². The predicted octanol–water partition coefficient (Wildman–Crippen LogP) is 4.28. The molecule has 0 amide bonds. The van der Waals surface area contributed by atoms with E-state index in [9.17, 15) is 4.79 Å². The Bertz CT molecular complexity index is 717. The van der Waals surface area contributed by atoms with Crippen molar-refractivity contribution in [2.75, 3.05) is 19.6 Å². The number of anilines is 1. The normalized spacial score (nSPS) is 14.3. The van der Waals surface area contributed by atoms with Gasteiger partial charge < -0.3 is 19.9 Å². The van der Waals surface area contributed by atoms with Crippen molar-refractivity contribution in [3.63, 3.8) is 0 Å². The van der Waals surface area contributed by atoms with Crippen LogP contribution in [-0.2, 0) is 4.79 Å². The Morgan fingerprint density at radius 2 is 2.20 bits per heavy atom. The monoisotopic (exact) mass is 343 g/mol. The molecule has 0 saturated carbocycles. The zero-order chi connectivity index (χ0) is 18.2. The highest BCUT2D eigenvalue weighted by molar-refractivity contribution is 5.93. The third-order valence-corrected chi connectivity index (χ3v) is 3.80. The number of hydrogen-bond acceptors (Lipinski definition) is 5. The van der Waals surface area contributed by atoms with Gasteiger partial charge in [0.15, 0.2) is 17.3 Å². The van der Waals surface area contributed by atoms with Crippen molar-refractivity contribution in [2.24, 2.45) is 0 Å². The number of carbonyl (C=O) groups is 1. The largest absolute Gasteiger partial charge is 0.492 e. The second-order valence-corrected chi connectivity index (χ2v) is 5.80. The average molecular weight is 343 g/mol. The van der Waals surface area contributed by atoms with Gasteiger partial charge in [-0.15, -0.1) is 0 Å². The number of benzene rings is 1. The second-order valence-electron chi connectivity index (χ2n) is 5.80. The lowest BCUT2D eigenvalue weighted by atomic mass is 10.1. The van der Waals surface area contributed by atoms with Gasteiger partial charge in [0, 0.05) is 17.3 Å². The number of rotatable bonds is 5. The highest BCUT2D eigenvalue weighted by Crippen LogP contribution is 2.46. The number of allylic oxidation sites excluding steroid dienone is 5. The SMILES string of the molecule is CCCC1=CC=CC1.COc1c(/C=C/C(C)=O)c(N)cc2c1OCO2. The minimum absolute atomic E-state index is 0.0656. The zero-order valence-electron chi connectivity index (χ0n) is 15.0. The van der Waals surface area contributed by atoms with Crippen molar-refractivity contribution >= 4 is 17.5 Å². The molecule has 2 aliphatic rings. The highest BCUT2D eigenvalue weighted by atomic mass is 16.7. The van der Waals surface area contributed by atoms with Crippen molar-refractivity contribution in [3.8, 4) is 17.2 Å². The number of methoxy groups -OCH3 is 1. The maximum Gasteiger partial charge on any atom is 0.231 e. The third kappa shape index (κ3) is 4.89. The maximum atomic E-state index is 10.9. The van der Waals surface area contributed by atoms with Crippen LogP contribution in [0, 0.1) is 0 Å². The highest BCUT2D eigenvalue weighted by Gasteiger charge is 2.23. The van der Waals surface area contributed by atoms with E-state index in [1.54, 1.807) is 17.7 Å². The van der Waals surface area contributed by atoms with Crippen molar-refractivity contribution in [2.45, 2.75) is 33.1 Å². The van der Waals surface area contributed by atoms with Crippen LogP contribution in [0.15, 0.2) is 35.9 Å². The first-order valence-corrected chi connectivity index (χ1v) is 8.36. The number of carbonyl (C=O) groups excluding carboxylic acids is 1. The molecule has 0 spiro atoms. The second kappa shape index (κ2) is 8.97. The van der Waals surface area contributed by atoms with Gasteiger partial charge in [0.05, 0.1) is 7.11 Å². The number of fused-ring (bicyclic) bond motifs is 1. The van der Waals surface area contributed by atoms with E-state index in [1.807, 2.05) is 0 Å². The summed E-state index contributed by atoms with van der Waals surface area (Å²) in [5.74, 6) is 1.49. The van der Waals surface area contributed by atoms with Crippen molar-refractivity contribution in [3.05, 3.63) is 41.5 Å². The molecule has 3 rings (SSSR count). The summed E-state index contributed by atoms with van der Waals surface area (Å²) in [6, 6.07) is 1.66. The molecule has 1 aromatic carbocycles. The van der Waals surface area contributed by atoms with Crippen LogP contribution in [0.25, 0.3) is 6.08 Å². The number of ether oxygens (including phenoxy) is 3. The first kappa shape index (κ1) is 18.6. The summed E-state index contributed by atoms with van der Waals surface area (Å²) in [6.45, 7) is 3.83. The molecular weight excluding hydrogens is 318 g/mol. The van der Waals surface area contributed by atoms with E-state index in [0.29, 0.717) is 28.5 Å². The minimum atomic E-state index is -0.0656. The van der Waals surface area contributed by atoms with Gasteiger partial charge in [-0.1, -0.05) is 37.1 Å². The Kier molecular flexibility index (Phi) is 6.69. The van der Waals surface area contributed by atoms with E-state index < -0.39 is 0 Å². The van der Waals surface area contributed by atoms with Gasteiger partial charge >= 0.3 is 0 Å². The van der Waals surface area contributed by atoms with Gasteiger partial charge in [0.2, 0.25) is 12.5 Å². The molecule has 0 fully saturated rings. The molecule has 1 aromatic rings. The third-order valence-electron chi connectivity index (χ3n) is 3.80. The van der Waals surface area contributed by atoms with Crippen LogP contribution < -0.4 is 19.9 Å². The number of hydrogen-bond donors (Lipinski definition) is 1. The van der Waals surface area contributed by atoms with Crippen LogP contribution in [0.3, 0.4) is 0 Å². The molecule has 0 saturated heterocycles. The van der Waals surface area contributed by atoms with Crippen LogP contribution in [-0.4, -0.2) is 19.7 Å². The van der Waals surface area contributed by atoms with E-state index in [1.165, 1.54) is 39.4 Å². The number of ketones is 1. The number of nitrogen functional groups attached to an aromatic ring is 1. The van der Waals surface area contributed by atoms with Gasteiger partial charge in [-0.2, -0.15) is 0 Å². The van der Waals surface area contributed by atoms with Gasteiger partial charge in [-0.05, 0) is 31.9 Å². The molecule has 1 aliphatic carbocycles. The molecule has 0 atom stereocenters. The molecule has 1 aliphatic heterocycles. The molecule has 5 nitrogen and oxygen atoms in total. The van der Waals surface area contributed by atoms with E-state index in [2.05, 4.69) is 25.2 Å². The summed E-state index contributed by atoms with van der Waals surface area (Å²) < 4.78 is 15.8. The fourth-order valence-electron chi connectivity index (χ4n) is 2.62. The first-order chi connectivity index (χ1) is 12.1. The van der Waals surface area contributed by atoms with E-state index >= 15 is 0 Å². The molecule has 5 heteroatoms. The van der Waals surface area contributed by atoms with Crippen molar-refractivity contribution < 1.29 is 19.0 Å². The van der Waals surface area contributed by atoms with Crippen LogP contribution in [0.4, 0.5) is 5.69 Å². The summed E-state index contributed by atoms with van der Waals surface area (Å²) in [4.78, 5) is 10.9. The molecule has 0 bridgehead atoms. The Balaban J connectivity index is 0.000000236. The fraction of sp³-hybridized carbons (Fsp3) is 0.350. The Labute approximate surface area is 148 Å². The lowest BCUT2D eigenvalue weighted by Crippen LogP contribution is -1.96. The minimum Gasteiger partial charge on any atom is -0.492 e. The summed E-state index contributed by atoms with van der Waals surface area (Å²) in [5, 5.41) is 0. The van der Waals surface area contributed by atoms with Gasteiger partial charge in [0.25, 0.3) is 0 Å². The van der Waals surface area contributed by atoms with E-state index in [0.717, 1.165) is 0 Å². The summed E-state index contributed by atoms with van der Waals surface area (Å²) >= 11 is 0. The predicted molar refractivity (Wildman–Crippen MR) is 100.0 cm³/mol. The summed E-state index contributed by atoms with van der Waals surface area (Å²) in [5.41, 5.74) is 8.56. The van der Waals surface area contributed by atoms with Crippen molar-refractivity contribution in [1.29, 1.82) is 0 Å². The average Bonchev–Trinajstić information content (AvgIpc) is 3.24. The van der Waals surface area contributed by atoms with Crippen LogP contribution in [0.2, 0.25) is 0 Å². The van der Waals surface area contributed by atoms with Crippen LogP contribution >= 0.6 is 0 Å². The molecule has 0 radical (unpaired) electrons. The topological polar surface area (TPSA) is 70.8 Å². The Hall–Kier alpha value is -2.69. The Morgan fingerprint density at radius 3 is 2.80 bits per heavy atom. The maximum absolute atomic E-state index is 10.9. The molecule has 0 aromatic heterocycles. The lowest BCUT2D eigenvalue weighted by molar-refractivity contribution is -0.112. The quantitative estimate of drug-likeness (QED) is 0.638. The molecule has 2 N–H and O–H groups in total. The van der Waals surface area contributed by atoms with Crippen molar-refractivity contribution in [1.82, 2.24) is 0 Å². The Morgan fingerprint density at radius 1 is 1.40 bits per heavy atom. The molecule has 25 heavy (non-hydrogen) atoms. The standard InChI is InChI=1S/C12H13NO4.C8H12/c1-7(14)3-4-8-9(13)5-10-12(11(8)15-2)17-6-16-10;1-2-5-8-6-3-4-7-8/h3-5H,6,13H2,1-2H3;3-4,6H,2,5,7H2,1H3/b4-3+;. The van der Waals surface area contributed by atoms with Gasteiger partial charge in [0.1, 0.15) is 0 Å². The molecule has 0 unspecified atom stereocenters. The first-order valence-electron chi connectivity index (χ1n) is 8.36. The molecule has 1 heterocycles. The zero-order valence-corrected chi connectivity index (χ0v) is 15.0.